The van der Waals surface area contributed by atoms with E-state index in [2.05, 4.69) is 43.5 Å². The maximum atomic E-state index is 12.4. The molecule has 1 heterocycles. The Morgan fingerprint density at radius 2 is 1.88 bits per heavy atom. The number of nitrogens with zero attached hydrogens (tertiary/aromatic N) is 2. The Kier molecular flexibility index (Phi) is 5.61. The van der Waals surface area contributed by atoms with E-state index in [0.29, 0.717) is 13.0 Å². The molecule has 0 radical (unpaired) electrons. The first-order valence-electron chi connectivity index (χ1n) is 9.34. The zero-order valence-electron chi connectivity index (χ0n) is 15.7. The number of thioether (sulfide) groups is 1. The molecule has 0 bridgehead atoms. The van der Waals surface area contributed by atoms with Gasteiger partial charge in [0.2, 0.25) is 0 Å². The van der Waals surface area contributed by atoms with Crippen LogP contribution in [0.5, 0.6) is 0 Å². The lowest BCUT2D eigenvalue weighted by molar-refractivity contribution is -0.135. The fourth-order valence-electron chi connectivity index (χ4n) is 3.09. The van der Waals surface area contributed by atoms with E-state index in [4.69, 9.17) is 4.98 Å². The van der Waals surface area contributed by atoms with Gasteiger partial charge in [-0.25, -0.2) is 4.98 Å². The number of rotatable bonds is 7. The summed E-state index contributed by atoms with van der Waals surface area (Å²) in [5.41, 5.74) is 1.83. The Labute approximate surface area is 157 Å². The molecule has 0 atom stereocenters. The van der Waals surface area contributed by atoms with E-state index >= 15 is 0 Å². The van der Waals surface area contributed by atoms with Crippen LogP contribution >= 0.6 is 11.8 Å². The minimum Gasteiger partial charge on any atom is -0.328 e. The molecule has 6 heteroatoms. The largest absolute Gasteiger partial charge is 0.389 e. The molecule has 1 aliphatic carbocycles. The van der Waals surface area contributed by atoms with Crippen LogP contribution in [-0.2, 0) is 12.0 Å². The molecule has 26 heavy (non-hydrogen) atoms. The van der Waals surface area contributed by atoms with E-state index in [1.54, 1.807) is 0 Å². The molecule has 1 fully saturated rings. The van der Waals surface area contributed by atoms with Crippen LogP contribution in [0, 0.1) is 5.92 Å². The van der Waals surface area contributed by atoms with Gasteiger partial charge in [0.15, 0.2) is 0 Å². The molecular weight excluding hydrogens is 357 g/mol. The third-order valence-electron chi connectivity index (χ3n) is 4.67. The van der Waals surface area contributed by atoms with Gasteiger partial charge in [0.05, 0.1) is 11.0 Å². The number of hydrogen-bond acceptors (Lipinski definition) is 2. The fraction of sp³-hybridized carbons (Fsp3) is 0.650. The van der Waals surface area contributed by atoms with Gasteiger partial charge in [0.1, 0.15) is 5.82 Å². The molecule has 1 aromatic carbocycles. The van der Waals surface area contributed by atoms with Crippen molar-refractivity contribution < 1.29 is 13.2 Å². The second kappa shape index (κ2) is 7.45. The first kappa shape index (κ1) is 19.6. The van der Waals surface area contributed by atoms with E-state index in [0.717, 1.165) is 28.5 Å². The molecule has 2 nitrogen and oxygen atoms in total. The average Bonchev–Trinajstić information content (AvgIpc) is 3.28. The highest BCUT2D eigenvalue weighted by Gasteiger charge is 2.27. The highest BCUT2D eigenvalue weighted by molar-refractivity contribution is 7.99. The molecule has 2 aromatic rings. The number of halogens is 3. The standard InChI is InChI=1S/C20H27F3N2S/c1-19(2,3)18-24-16-12-15(26-13-14-6-7-14)8-9-17(16)25(18)11-5-4-10-20(21,22)23/h8-9,12,14H,4-7,10-11,13H2,1-3H3. The van der Waals surface area contributed by atoms with Gasteiger partial charge in [-0.2, -0.15) is 13.2 Å². The number of benzene rings is 1. The van der Waals surface area contributed by atoms with Crippen molar-refractivity contribution >= 4 is 22.8 Å². The van der Waals surface area contributed by atoms with Crippen molar-refractivity contribution in [2.75, 3.05) is 5.75 Å². The highest BCUT2D eigenvalue weighted by Crippen LogP contribution is 2.36. The summed E-state index contributed by atoms with van der Waals surface area (Å²) in [5.74, 6) is 2.98. The van der Waals surface area contributed by atoms with Crippen molar-refractivity contribution in [3.63, 3.8) is 0 Å². The van der Waals surface area contributed by atoms with Crippen LogP contribution in [-0.4, -0.2) is 21.5 Å². The lowest BCUT2D eigenvalue weighted by Crippen LogP contribution is -2.19. The lowest BCUT2D eigenvalue weighted by Gasteiger charge is -2.20. The Balaban J connectivity index is 1.79. The molecule has 0 spiro atoms. The Bertz CT molecular complexity index is 755. The van der Waals surface area contributed by atoms with E-state index in [9.17, 15) is 13.2 Å². The number of aryl methyl sites for hydroxylation is 1. The molecule has 1 saturated carbocycles. The summed E-state index contributed by atoms with van der Waals surface area (Å²) >= 11 is 1.88. The second-order valence-electron chi connectivity index (χ2n) is 8.31. The topological polar surface area (TPSA) is 17.8 Å². The maximum absolute atomic E-state index is 12.4. The second-order valence-corrected chi connectivity index (χ2v) is 9.41. The molecule has 1 aliphatic rings. The summed E-state index contributed by atoms with van der Waals surface area (Å²) < 4.78 is 39.3. The third kappa shape index (κ3) is 5.18. The minimum absolute atomic E-state index is 0.148. The minimum atomic E-state index is -4.07. The Morgan fingerprint density at radius 3 is 2.50 bits per heavy atom. The summed E-state index contributed by atoms with van der Waals surface area (Å²) in [6.07, 6.45) is -1.44. The van der Waals surface area contributed by atoms with Crippen LogP contribution in [0.4, 0.5) is 13.2 Å². The van der Waals surface area contributed by atoms with Crippen molar-refractivity contribution in [2.45, 2.75) is 75.9 Å². The summed E-state index contributed by atoms with van der Waals surface area (Å²) in [6, 6.07) is 6.33. The number of fused-ring (bicyclic) bond motifs is 1. The van der Waals surface area contributed by atoms with Crippen molar-refractivity contribution in [1.82, 2.24) is 9.55 Å². The molecule has 0 N–H and O–H groups in total. The predicted molar refractivity (Wildman–Crippen MR) is 102 cm³/mol. The number of aromatic nitrogens is 2. The predicted octanol–water partition coefficient (Wildman–Crippen LogP) is 6.57. The SMILES string of the molecule is CC(C)(C)c1nc2cc(SCC3CC3)ccc2n1CCCCC(F)(F)F. The molecule has 0 aliphatic heterocycles. The maximum Gasteiger partial charge on any atom is 0.389 e. The number of hydrogen-bond donors (Lipinski definition) is 0. The quantitative estimate of drug-likeness (QED) is 0.397. The summed E-state index contributed by atoms with van der Waals surface area (Å²) in [5, 5.41) is 0. The zero-order chi connectivity index (χ0) is 18.9. The fourth-order valence-corrected chi connectivity index (χ4v) is 4.21. The molecule has 0 saturated heterocycles. The molecule has 0 unspecified atom stereocenters. The van der Waals surface area contributed by atoms with Crippen molar-refractivity contribution in [2.24, 2.45) is 5.92 Å². The van der Waals surface area contributed by atoms with Gasteiger partial charge in [-0.1, -0.05) is 20.8 Å². The monoisotopic (exact) mass is 384 g/mol. The first-order chi connectivity index (χ1) is 12.1. The van der Waals surface area contributed by atoms with Crippen molar-refractivity contribution in [3.05, 3.63) is 24.0 Å². The van der Waals surface area contributed by atoms with Crippen molar-refractivity contribution in [3.8, 4) is 0 Å². The first-order valence-corrected chi connectivity index (χ1v) is 10.3. The van der Waals surface area contributed by atoms with Crippen LogP contribution < -0.4 is 0 Å². The normalized spacial score (nSPS) is 15.8. The molecular formula is C20H27F3N2S. The summed E-state index contributed by atoms with van der Waals surface area (Å²) in [6.45, 7) is 6.88. The van der Waals surface area contributed by atoms with E-state index in [1.165, 1.54) is 17.7 Å². The zero-order valence-corrected chi connectivity index (χ0v) is 16.5. The number of alkyl halides is 3. The molecule has 1 aromatic heterocycles. The van der Waals surface area contributed by atoms with Gasteiger partial charge in [-0.05, 0) is 49.8 Å². The van der Waals surface area contributed by atoms with Crippen LogP contribution in [0.25, 0.3) is 11.0 Å². The summed E-state index contributed by atoms with van der Waals surface area (Å²) in [7, 11) is 0. The number of unbranched alkanes of at least 4 members (excludes halogenated alkanes) is 1. The Morgan fingerprint density at radius 1 is 1.15 bits per heavy atom. The van der Waals surface area contributed by atoms with Crippen LogP contribution in [0.1, 0.15) is 58.7 Å². The Hall–Kier alpha value is -1.17. The molecule has 3 rings (SSSR count). The molecule has 0 amide bonds. The van der Waals surface area contributed by atoms with Crippen molar-refractivity contribution in [1.29, 1.82) is 0 Å². The third-order valence-corrected chi connectivity index (χ3v) is 5.89. The van der Waals surface area contributed by atoms with Gasteiger partial charge in [0, 0.05) is 29.0 Å². The molecule has 144 valence electrons. The van der Waals surface area contributed by atoms with Crippen LogP contribution in [0.2, 0.25) is 0 Å². The van der Waals surface area contributed by atoms with E-state index in [1.807, 2.05) is 11.8 Å². The highest BCUT2D eigenvalue weighted by atomic mass is 32.2. The van der Waals surface area contributed by atoms with Gasteiger partial charge in [-0.15, -0.1) is 11.8 Å². The number of imidazole rings is 1. The van der Waals surface area contributed by atoms with Gasteiger partial charge < -0.3 is 4.57 Å². The smallest absolute Gasteiger partial charge is 0.328 e. The lowest BCUT2D eigenvalue weighted by atomic mass is 9.95. The van der Waals surface area contributed by atoms with Gasteiger partial charge in [0.25, 0.3) is 0 Å². The summed E-state index contributed by atoms with van der Waals surface area (Å²) in [4.78, 5) is 6.07. The van der Waals surface area contributed by atoms with Crippen LogP contribution in [0.15, 0.2) is 23.1 Å². The van der Waals surface area contributed by atoms with E-state index < -0.39 is 12.6 Å². The van der Waals surface area contributed by atoms with Crippen LogP contribution in [0.3, 0.4) is 0 Å². The van der Waals surface area contributed by atoms with Gasteiger partial charge in [-0.3, -0.25) is 0 Å². The van der Waals surface area contributed by atoms with E-state index in [-0.39, 0.29) is 11.8 Å². The van der Waals surface area contributed by atoms with Gasteiger partial charge >= 0.3 is 6.18 Å². The average molecular weight is 385 g/mol.